The van der Waals surface area contributed by atoms with Gasteiger partial charge in [0.1, 0.15) is 0 Å². The smallest absolute Gasteiger partial charge is 0.0541 e. The Morgan fingerprint density at radius 1 is 0.381 bits per heavy atom. The van der Waals surface area contributed by atoms with Gasteiger partial charge in [-0.25, -0.2) is 0 Å². The fourth-order valence-corrected chi connectivity index (χ4v) is 9.43. The molecule has 10 aromatic carbocycles. The molecule has 0 aliphatic heterocycles. The zero-order valence-electron chi connectivity index (χ0n) is 35.1. The molecule has 0 bridgehead atoms. The van der Waals surface area contributed by atoms with Crippen molar-refractivity contribution in [2.24, 2.45) is 0 Å². The molecular weight excluding hydrogens is 761 g/mol. The topological polar surface area (TPSA) is 8.17 Å². The first-order valence-corrected chi connectivity index (χ1v) is 21.7. The van der Waals surface area contributed by atoms with Crippen LogP contribution in [0.3, 0.4) is 0 Å². The summed E-state index contributed by atoms with van der Waals surface area (Å²) in [4.78, 5) is 2.39. The number of rotatable bonds is 9. The summed E-state index contributed by atoms with van der Waals surface area (Å²) in [5.74, 6) is 0. The minimum absolute atomic E-state index is 1.04. The molecule has 0 fully saturated rings. The number of aromatic nitrogens is 1. The Hall–Kier alpha value is -8.20. The SMILES string of the molecule is C=C/C(=C\C=C/C)n1c2ccccc2c2cc(-c3ccc(N(c4ccc(-c5ccc(-c6ccccc6)cc5)cc4)c4ccc5c6ccccc6c6ccccc6c5c4)cc3)ccc21. The van der Waals surface area contributed by atoms with Gasteiger partial charge in [-0.05, 0) is 139 Å². The number of para-hydroxylation sites is 1. The minimum Gasteiger partial charge on any atom is -0.310 e. The largest absolute Gasteiger partial charge is 0.310 e. The number of anilines is 3. The van der Waals surface area contributed by atoms with Crippen molar-refractivity contribution in [3.8, 4) is 33.4 Å². The lowest BCUT2D eigenvalue weighted by atomic mass is 9.94. The number of fused-ring (bicyclic) bond motifs is 9. The van der Waals surface area contributed by atoms with Crippen LogP contribution in [0, 0.1) is 0 Å². The van der Waals surface area contributed by atoms with Gasteiger partial charge in [-0.15, -0.1) is 0 Å². The summed E-state index contributed by atoms with van der Waals surface area (Å²) in [7, 11) is 0. The van der Waals surface area contributed by atoms with Gasteiger partial charge in [-0.1, -0.05) is 176 Å². The zero-order valence-corrected chi connectivity index (χ0v) is 35.1. The van der Waals surface area contributed by atoms with Crippen LogP contribution in [0.25, 0.3) is 93.2 Å². The van der Waals surface area contributed by atoms with E-state index in [-0.39, 0.29) is 0 Å². The van der Waals surface area contributed by atoms with Crippen molar-refractivity contribution in [3.05, 3.63) is 243 Å². The van der Waals surface area contributed by atoms with E-state index in [4.69, 9.17) is 0 Å². The average molecular weight is 805 g/mol. The molecule has 0 atom stereocenters. The molecule has 2 heteroatoms. The van der Waals surface area contributed by atoms with Crippen LogP contribution >= 0.6 is 0 Å². The molecular formula is C61H44N2. The highest BCUT2D eigenvalue weighted by molar-refractivity contribution is 6.25. The number of nitrogens with zero attached hydrogens (tertiary/aromatic N) is 2. The lowest BCUT2D eigenvalue weighted by molar-refractivity contribution is 1.24. The number of hydrogen-bond donors (Lipinski definition) is 0. The van der Waals surface area contributed by atoms with Crippen LogP contribution in [0.4, 0.5) is 17.1 Å². The molecule has 0 radical (unpaired) electrons. The summed E-state index contributed by atoms with van der Waals surface area (Å²) >= 11 is 0. The molecule has 2 nitrogen and oxygen atoms in total. The normalized spacial score (nSPS) is 12.0. The van der Waals surface area contributed by atoms with Crippen molar-refractivity contribution >= 4 is 76.9 Å². The van der Waals surface area contributed by atoms with Crippen molar-refractivity contribution in [3.63, 3.8) is 0 Å². The molecule has 0 N–H and O–H groups in total. The highest BCUT2D eigenvalue weighted by atomic mass is 15.1. The molecule has 11 rings (SSSR count). The van der Waals surface area contributed by atoms with E-state index in [1.165, 1.54) is 70.9 Å². The maximum atomic E-state index is 4.16. The first kappa shape index (κ1) is 37.8. The second kappa shape index (κ2) is 16.0. The van der Waals surface area contributed by atoms with Gasteiger partial charge < -0.3 is 9.47 Å². The molecule has 1 heterocycles. The molecule has 0 spiro atoms. The molecule has 0 aliphatic rings. The first-order valence-electron chi connectivity index (χ1n) is 21.7. The van der Waals surface area contributed by atoms with Crippen molar-refractivity contribution in [2.45, 2.75) is 6.92 Å². The van der Waals surface area contributed by atoms with Crippen LogP contribution in [0.2, 0.25) is 0 Å². The zero-order chi connectivity index (χ0) is 42.3. The highest BCUT2D eigenvalue weighted by Crippen LogP contribution is 2.42. The lowest BCUT2D eigenvalue weighted by Crippen LogP contribution is -2.10. The minimum atomic E-state index is 1.04. The van der Waals surface area contributed by atoms with Gasteiger partial charge in [0, 0.05) is 33.5 Å². The third kappa shape index (κ3) is 6.70. The fourth-order valence-electron chi connectivity index (χ4n) is 9.43. The molecule has 0 saturated heterocycles. The van der Waals surface area contributed by atoms with Gasteiger partial charge >= 0.3 is 0 Å². The van der Waals surface area contributed by atoms with E-state index in [1.807, 2.05) is 19.1 Å². The molecule has 0 saturated carbocycles. The molecule has 1 aromatic heterocycles. The predicted molar refractivity (Wildman–Crippen MR) is 272 cm³/mol. The van der Waals surface area contributed by atoms with E-state index in [9.17, 15) is 0 Å². The summed E-state index contributed by atoms with van der Waals surface area (Å²) < 4.78 is 2.31. The predicted octanol–water partition coefficient (Wildman–Crippen LogP) is 17.3. The summed E-state index contributed by atoms with van der Waals surface area (Å²) in [5, 5.41) is 10.0. The third-order valence-electron chi connectivity index (χ3n) is 12.5. The van der Waals surface area contributed by atoms with E-state index in [0.29, 0.717) is 0 Å². The van der Waals surface area contributed by atoms with Crippen LogP contribution in [0.1, 0.15) is 6.92 Å². The van der Waals surface area contributed by atoms with Gasteiger partial charge in [0.2, 0.25) is 0 Å². The van der Waals surface area contributed by atoms with Gasteiger partial charge in [-0.2, -0.15) is 0 Å². The molecule has 11 aromatic rings. The molecule has 63 heavy (non-hydrogen) atoms. The molecule has 0 aliphatic carbocycles. The molecule has 0 amide bonds. The van der Waals surface area contributed by atoms with E-state index in [1.54, 1.807) is 0 Å². The monoisotopic (exact) mass is 804 g/mol. The summed E-state index contributed by atoms with van der Waals surface area (Å²) in [5.41, 5.74) is 13.8. The van der Waals surface area contributed by atoms with Crippen LogP contribution in [-0.2, 0) is 0 Å². The van der Waals surface area contributed by atoms with Gasteiger partial charge in [0.05, 0.1) is 11.0 Å². The van der Waals surface area contributed by atoms with Crippen LogP contribution in [-0.4, -0.2) is 4.57 Å². The van der Waals surface area contributed by atoms with Crippen LogP contribution < -0.4 is 4.90 Å². The van der Waals surface area contributed by atoms with Crippen molar-refractivity contribution in [1.82, 2.24) is 4.57 Å². The molecule has 298 valence electrons. The Labute approximate surface area is 368 Å². The van der Waals surface area contributed by atoms with Crippen molar-refractivity contribution in [2.75, 3.05) is 4.90 Å². The van der Waals surface area contributed by atoms with Crippen molar-refractivity contribution < 1.29 is 0 Å². The maximum Gasteiger partial charge on any atom is 0.0541 e. The number of benzene rings is 10. The van der Waals surface area contributed by atoms with Crippen LogP contribution in [0.15, 0.2) is 243 Å². The number of allylic oxidation sites excluding steroid dienone is 5. The van der Waals surface area contributed by atoms with Gasteiger partial charge in [0.25, 0.3) is 0 Å². The van der Waals surface area contributed by atoms with Gasteiger partial charge in [0.15, 0.2) is 0 Å². The van der Waals surface area contributed by atoms with Crippen LogP contribution in [0.5, 0.6) is 0 Å². The van der Waals surface area contributed by atoms with Gasteiger partial charge in [-0.3, -0.25) is 0 Å². The lowest BCUT2D eigenvalue weighted by Gasteiger charge is -2.27. The Bertz CT molecular complexity index is 3520. The van der Waals surface area contributed by atoms with E-state index < -0.39 is 0 Å². The van der Waals surface area contributed by atoms with E-state index >= 15 is 0 Å². The Kier molecular flexibility index (Phi) is 9.60. The second-order valence-electron chi connectivity index (χ2n) is 16.1. The average Bonchev–Trinajstić information content (AvgIpc) is 3.68. The third-order valence-corrected chi connectivity index (χ3v) is 12.5. The quantitative estimate of drug-likeness (QED) is 0.104. The standard InChI is InChI=1S/C61H44N2/c1-3-5-17-48(4-2)63-60-23-14-13-22-57(60)59-40-47(32-39-61(59)63)46-30-35-50(36-31-46)62(49-33-28-45(29-34-49)44-26-24-43(25-27-44)42-15-7-6-8-16-42)51-37-38-56-54-20-10-9-18-52(54)53-19-11-12-21-55(53)58(56)41-51/h3-41H,2H2,1H3/b5-3-,48-17+. The Morgan fingerprint density at radius 2 is 0.810 bits per heavy atom. The summed E-state index contributed by atoms with van der Waals surface area (Å²) in [6, 6.07) is 77.5. The number of hydrogen-bond acceptors (Lipinski definition) is 1. The molecule has 0 unspecified atom stereocenters. The summed E-state index contributed by atoms with van der Waals surface area (Å²) in [6.07, 6.45) is 8.17. The maximum absolute atomic E-state index is 4.16. The Balaban J connectivity index is 1.02. The van der Waals surface area contributed by atoms with E-state index in [2.05, 4.69) is 241 Å². The van der Waals surface area contributed by atoms with Crippen molar-refractivity contribution in [1.29, 1.82) is 0 Å². The first-order chi connectivity index (χ1) is 31.2. The fraction of sp³-hybridized carbons (Fsp3) is 0.0164. The Morgan fingerprint density at radius 3 is 1.38 bits per heavy atom. The van der Waals surface area contributed by atoms with E-state index in [0.717, 1.165) is 39.4 Å². The summed E-state index contributed by atoms with van der Waals surface area (Å²) in [6.45, 7) is 6.19. The second-order valence-corrected chi connectivity index (χ2v) is 16.1. The highest BCUT2D eigenvalue weighted by Gasteiger charge is 2.18.